The Hall–Kier alpha value is -0.580. The highest BCUT2D eigenvalue weighted by atomic mass is 32.2. The molecule has 11 heavy (non-hydrogen) atoms. The molecule has 1 amide bonds. The molecular formula is C6H11NO3S. The lowest BCUT2D eigenvalue weighted by Crippen LogP contribution is -2.39. The van der Waals surface area contributed by atoms with Crippen molar-refractivity contribution in [3.63, 3.8) is 0 Å². The molecule has 0 aromatic heterocycles. The molecule has 0 spiro atoms. The number of piperidine rings is 1. The first-order valence-corrected chi connectivity index (χ1v) is 5.37. The fourth-order valence-electron chi connectivity index (χ4n) is 1.13. The Bertz CT molecular complexity index is 257. The van der Waals surface area contributed by atoms with Gasteiger partial charge in [0, 0.05) is 13.0 Å². The first-order chi connectivity index (χ1) is 5.02. The van der Waals surface area contributed by atoms with Crippen LogP contribution in [0.15, 0.2) is 0 Å². The van der Waals surface area contributed by atoms with E-state index in [2.05, 4.69) is 0 Å². The van der Waals surface area contributed by atoms with Crippen molar-refractivity contribution in [2.24, 2.45) is 0 Å². The van der Waals surface area contributed by atoms with Crippen molar-refractivity contribution in [2.75, 3.05) is 12.8 Å². The molecule has 4 nitrogen and oxygen atoms in total. The van der Waals surface area contributed by atoms with Crippen molar-refractivity contribution >= 4 is 15.9 Å². The molecule has 0 N–H and O–H groups in total. The molecule has 5 heteroatoms. The Morgan fingerprint density at radius 1 is 1.36 bits per heavy atom. The zero-order valence-electron chi connectivity index (χ0n) is 6.41. The second-order valence-corrected chi connectivity index (χ2v) is 4.59. The van der Waals surface area contributed by atoms with Gasteiger partial charge in [-0.05, 0) is 12.8 Å². The molecule has 1 aliphatic heterocycles. The molecule has 0 saturated carbocycles. The maximum absolute atomic E-state index is 11.0. The van der Waals surface area contributed by atoms with Crippen LogP contribution in [0.25, 0.3) is 0 Å². The summed E-state index contributed by atoms with van der Waals surface area (Å²) in [6.07, 6.45) is 3.03. The second-order valence-electron chi connectivity index (χ2n) is 2.69. The van der Waals surface area contributed by atoms with E-state index in [-0.39, 0.29) is 5.91 Å². The van der Waals surface area contributed by atoms with Crippen LogP contribution in [0.5, 0.6) is 0 Å². The van der Waals surface area contributed by atoms with Crippen LogP contribution in [0.4, 0.5) is 0 Å². The Morgan fingerprint density at radius 3 is 2.36 bits per heavy atom. The second kappa shape index (κ2) is 2.81. The van der Waals surface area contributed by atoms with E-state index in [0.29, 0.717) is 13.0 Å². The van der Waals surface area contributed by atoms with Crippen molar-refractivity contribution in [1.29, 1.82) is 0 Å². The zero-order chi connectivity index (χ0) is 8.48. The summed E-state index contributed by atoms with van der Waals surface area (Å²) in [5, 5.41) is 0. The lowest BCUT2D eigenvalue weighted by Gasteiger charge is -2.23. The quantitative estimate of drug-likeness (QED) is 0.564. The smallest absolute Gasteiger partial charge is 0.236 e. The molecular weight excluding hydrogens is 166 g/mol. The molecule has 0 unspecified atom stereocenters. The summed E-state index contributed by atoms with van der Waals surface area (Å²) < 4.78 is 22.8. The van der Waals surface area contributed by atoms with Gasteiger partial charge in [0.2, 0.25) is 15.9 Å². The number of nitrogens with zero attached hydrogens (tertiary/aromatic N) is 1. The minimum Gasteiger partial charge on any atom is -0.274 e. The first kappa shape index (κ1) is 8.52. The van der Waals surface area contributed by atoms with Gasteiger partial charge in [-0.2, -0.15) is 0 Å². The van der Waals surface area contributed by atoms with Crippen LogP contribution in [-0.2, 0) is 14.8 Å². The number of hydrogen-bond donors (Lipinski definition) is 0. The molecule has 1 heterocycles. The third kappa shape index (κ3) is 1.92. The summed E-state index contributed by atoms with van der Waals surface area (Å²) in [7, 11) is -3.29. The van der Waals surface area contributed by atoms with Crippen molar-refractivity contribution in [2.45, 2.75) is 19.3 Å². The summed E-state index contributed by atoms with van der Waals surface area (Å²) in [5.41, 5.74) is 0. The summed E-state index contributed by atoms with van der Waals surface area (Å²) >= 11 is 0. The highest BCUT2D eigenvalue weighted by molar-refractivity contribution is 7.88. The lowest BCUT2D eigenvalue weighted by atomic mass is 10.2. The summed E-state index contributed by atoms with van der Waals surface area (Å²) in [4.78, 5) is 11.0. The Labute approximate surface area is 66.2 Å². The van der Waals surface area contributed by atoms with Gasteiger partial charge < -0.3 is 0 Å². The summed E-state index contributed by atoms with van der Waals surface area (Å²) in [6, 6.07) is 0. The minimum absolute atomic E-state index is 0.265. The molecule has 1 fully saturated rings. The number of hydrogen-bond acceptors (Lipinski definition) is 3. The molecule has 0 radical (unpaired) electrons. The average Bonchev–Trinajstić information content (AvgIpc) is 1.86. The minimum atomic E-state index is -3.29. The molecule has 0 aliphatic carbocycles. The molecule has 1 rings (SSSR count). The van der Waals surface area contributed by atoms with Crippen LogP contribution in [0.1, 0.15) is 19.3 Å². The molecule has 1 saturated heterocycles. The fourth-order valence-corrected chi connectivity index (χ4v) is 2.05. The number of sulfonamides is 1. The van der Waals surface area contributed by atoms with Crippen LogP contribution in [-0.4, -0.2) is 31.4 Å². The standard InChI is InChI=1S/C6H11NO3S/c1-11(9,10)7-5-3-2-4-6(7)8/h2-5H2,1H3. The maximum Gasteiger partial charge on any atom is 0.236 e. The number of rotatable bonds is 1. The van der Waals surface area contributed by atoms with Gasteiger partial charge in [0.05, 0.1) is 6.26 Å². The van der Waals surface area contributed by atoms with E-state index < -0.39 is 10.0 Å². The molecule has 0 bridgehead atoms. The SMILES string of the molecule is CS(=O)(=O)N1CCCCC1=O. The molecule has 0 aromatic rings. The molecule has 1 aliphatic rings. The van der Waals surface area contributed by atoms with Gasteiger partial charge in [0.1, 0.15) is 0 Å². The normalized spacial score (nSPS) is 20.5. The predicted octanol–water partition coefficient (Wildman–Crippen LogP) is -0.0415. The van der Waals surface area contributed by atoms with Crippen molar-refractivity contribution < 1.29 is 13.2 Å². The highest BCUT2D eigenvalue weighted by Crippen LogP contribution is 2.12. The van der Waals surface area contributed by atoms with Gasteiger partial charge >= 0.3 is 0 Å². The Balaban J connectivity index is 2.78. The summed E-state index contributed by atoms with van der Waals surface area (Å²) in [6.45, 7) is 0.359. The van der Waals surface area contributed by atoms with E-state index in [9.17, 15) is 13.2 Å². The van der Waals surface area contributed by atoms with Gasteiger partial charge in [-0.3, -0.25) is 4.79 Å². The van der Waals surface area contributed by atoms with Crippen molar-refractivity contribution in [3.05, 3.63) is 0 Å². The monoisotopic (exact) mass is 177 g/mol. The maximum atomic E-state index is 11.0. The van der Waals surface area contributed by atoms with E-state index >= 15 is 0 Å². The van der Waals surface area contributed by atoms with E-state index in [0.717, 1.165) is 23.4 Å². The topological polar surface area (TPSA) is 54.5 Å². The van der Waals surface area contributed by atoms with Gasteiger partial charge in [-0.25, -0.2) is 12.7 Å². The first-order valence-electron chi connectivity index (χ1n) is 3.52. The third-order valence-corrected chi connectivity index (χ3v) is 2.87. The zero-order valence-corrected chi connectivity index (χ0v) is 7.23. The molecule has 64 valence electrons. The fraction of sp³-hybridized carbons (Fsp3) is 0.833. The number of amides is 1. The van der Waals surface area contributed by atoms with E-state index in [4.69, 9.17) is 0 Å². The van der Waals surface area contributed by atoms with Crippen LogP contribution in [0.2, 0.25) is 0 Å². The van der Waals surface area contributed by atoms with Gasteiger partial charge in [-0.1, -0.05) is 0 Å². The lowest BCUT2D eigenvalue weighted by molar-refractivity contribution is -0.128. The van der Waals surface area contributed by atoms with Crippen LogP contribution < -0.4 is 0 Å². The number of carbonyl (C=O) groups excluding carboxylic acids is 1. The third-order valence-electron chi connectivity index (χ3n) is 1.68. The Kier molecular flexibility index (Phi) is 2.17. The van der Waals surface area contributed by atoms with E-state index in [1.165, 1.54) is 0 Å². The summed E-state index contributed by atoms with van der Waals surface area (Å²) in [5.74, 6) is -0.265. The van der Waals surface area contributed by atoms with Gasteiger partial charge in [0.25, 0.3) is 0 Å². The van der Waals surface area contributed by atoms with E-state index in [1.807, 2.05) is 0 Å². The Morgan fingerprint density at radius 2 is 2.00 bits per heavy atom. The van der Waals surface area contributed by atoms with Gasteiger partial charge in [-0.15, -0.1) is 0 Å². The van der Waals surface area contributed by atoms with Crippen LogP contribution >= 0.6 is 0 Å². The molecule has 0 atom stereocenters. The van der Waals surface area contributed by atoms with Crippen molar-refractivity contribution in [3.8, 4) is 0 Å². The van der Waals surface area contributed by atoms with Crippen LogP contribution in [0, 0.1) is 0 Å². The molecule has 0 aromatic carbocycles. The predicted molar refractivity (Wildman–Crippen MR) is 40.4 cm³/mol. The average molecular weight is 177 g/mol. The highest BCUT2D eigenvalue weighted by Gasteiger charge is 2.25. The van der Waals surface area contributed by atoms with Gasteiger partial charge in [0.15, 0.2) is 0 Å². The van der Waals surface area contributed by atoms with Crippen LogP contribution in [0.3, 0.4) is 0 Å². The number of carbonyl (C=O) groups is 1. The van der Waals surface area contributed by atoms with E-state index in [1.54, 1.807) is 0 Å². The van der Waals surface area contributed by atoms with Crippen molar-refractivity contribution in [1.82, 2.24) is 4.31 Å². The largest absolute Gasteiger partial charge is 0.274 e.